The number of hydrogen-bond acceptors (Lipinski definition) is 6. The van der Waals surface area contributed by atoms with E-state index >= 15 is 0 Å². The molecular weight excluding hydrogens is 338 g/mol. The third-order valence-electron chi connectivity index (χ3n) is 5.18. The smallest absolute Gasteiger partial charge is 0.225 e. The minimum Gasteiger partial charge on any atom is -0.362 e. The summed E-state index contributed by atoms with van der Waals surface area (Å²) in [6.45, 7) is 0.801. The first-order chi connectivity index (χ1) is 13.2. The number of nitrogens with one attached hydrogen (secondary N) is 3. The Kier molecular flexibility index (Phi) is 5.20. The van der Waals surface area contributed by atoms with Crippen LogP contribution in [0.4, 0.5) is 11.8 Å². The summed E-state index contributed by atoms with van der Waals surface area (Å²) in [4.78, 5) is 18.9. The number of H-pyrrole nitrogens is 1. The number of benzene rings is 1. The van der Waals surface area contributed by atoms with Gasteiger partial charge in [0.25, 0.3) is 0 Å². The molecule has 3 N–H and O–H groups in total. The zero-order valence-corrected chi connectivity index (χ0v) is 15.9. The highest BCUT2D eigenvalue weighted by atomic mass is 15.2. The fourth-order valence-electron chi connectivity index (χ4n) is 3.73. The average molecular weight is 365 g/mol. The predicted molar refractivity (Wildman–Crippen MR) is 109 cm³/mol. The Morgan fingerprint density at radius 3 is 2.59 bits per heavy atom. The first kappa shape index (κ1) is 17.7. The summed E-state index contributed by atoms with van der Waals surface area (Å²) < 4.78 is 0. The highest BCUT2D eigenvalue weighted by Gasteiger charge is 2.22. The van der Waals surface area contributed by atoms with Gasteiger partial charge in [0.1, 0.15) is 11.6 Å². The summed E-state index contributed by atoms with van der Waals surface area (Å²) in [6.07, 6.45) is 8.18. The first-order valence-electron chi connectivity index (χ1n) is 9.61. The van der Waals surface area contributed by atoms with Gasteiger partial charge in [0.2, 0.25) is 5.95 Å². The molecule has 0 atom stereocenters. The third-order valence-corrected chi connectivity index (χ3v) is 5.18. The Morgan fingerprint density at radius 1 is 1.07 bits per heavy atom. The molecule has 0 amide bonds. The van der Waals surface area contributed by atoms with Crippen LogP contribution in [0, 0.1) is 0 Å². The SMILES string of the molecule is CN(C)c1nc(N[C@H]2CC[C@@H](NCc3ncc[nH]3)CC2)nc2ccccc12. The molecule has 0 spiro atoms. The van der Waals surface area contributed by atoms with Crippen LogP contribution in [0.2, 0.25) is 0 Å². The minimum absolute atomic E-state index is 0.419. The Morgan fingerprint density at radius 2 is 1.85 bits per heavy atom. The zero-order chi connectivity index (χ0) is 18.6. The van der Waals surface area contributed by atoms with Gasteiger partial charge in [-0.3, -0.25) is 0 Å². The van der Waals surface area contributed by atoms with Crippen LogP contribution in [0.5, 0.6) is 0 Å². The molecule has 0 saturated heterocycles. The lowest BCUT2D eigenvalue weighted by molar-refractivity contribution is 0.350. The summed E-state index contributed by atoms with van der Waals surface area (Å²) in [7, 11) is 4.04. The average Bonchev–Trinajstić information content (AvgIpc) is 3.20. The molecular formula is C20H27N7. The van der Waals surface area contributed by atoms with Crippen molar-refractivity contribution in [2.45, 2.75) is 44.3 Å². The molecule has 1 fully saturated rings. The van der Waals surface area contributed by atoms with Crippen LogP contribution in [-0.4, -0.2) is 46.1 Å². The number of para-hydroxylation sites is 1. The quantitative estimate of drug-likeness (QED) is 0.623. The topological polar surface area (TPSA) is 81.8 Å². The van der Waals surface area contributed by atoms with E-state index in [0.717, 1.165) is 60.7 Å². The molecule has 2 heterocycles. The fraction of sp³-hybridized carbons (Fsp3) is 0.450. The van der Waals surface area contributed by atoms with Gasteiger partial charge < -0.3 is 20.5 Å². The molecule has 7 heteroatoms. The van der Waals surface area contributed by atoms with Crippen molar-refractivity contribution in [2.24, 2.45) is 0 Å². The van der Waals surface area contributed by atoms with Crippen molar-refractivity contribution in [2.75, 3.05) is 24.3 Å². The molecule has 142 valence electrons. The van der Waals surface area contributed by atoms with Crippen molar-refractivity contribution in [3.8, 4) is 0 Å². The standard InChI is InChI=1S/C20H27N7/c1-27(2)19-16-5-3-4-6-17(16)25-20(26-19)24-15-9-7-14(8-10-15)23-13-18-21-11-12-22-18/h3-6,11-12,14-15,23H,7-10,13H2,1-2H3,(H,21,22)(H,24,25,26)/t14-,15+. The molecule has 0 radical (unpaired) electrons. The van der Waals surface area contributed by atoms with E-state index in [9.17, 15) is 0 Å². The molecule has 3 aromatic rings. The summed E-state index contributed by atoms with van der Waals surface area (Å²) in [5, 5.41) is 8.24. The lowest BCUT2D eigenvalue weighted by atomic mass is 9.91. The molecule has 4 rings (SSSR count). The molecule has 0 bridgehead atoms. The molecule has 0 unspecified atom stereocenters. The number of aromatic nitrogens is 4. The van der Waals surface area contributed by atoms with Crippen molar-refractivity contribution < 1.29 is 0 Å². The second-order valence-electron chi connectivity index (χ2n) is 7.39. The zero-order valence-electron chi connectivity index (χ0n) is 15.9. The van der Waals surface area contributed by atoms with Gasteiger partial charge in [-0.05, 0) is 37.8 Å². The second kappa shape index (κ2) is 7.92. The van der Waals surface area contributed by atoms with Crippen LogP contribution in [0.15, 0.2) is 36.7 Å². The van der Waals surface area contributed by atoms with Gasteiger partial charge in [0.15, 0.2) is 0 Å². The van der Waals surface area contributed by atoms with Gasteiger partial charge in [-0.2, -0.15) is 4.98 Å². The Bertz CT molecular complexity index is 867. The van der Waals surface area contributed by atoms with Gasteiger partial charge in [0.05, 0.1) is 12.1 Å². The number of rotatable bonds is 6. The third kappa shape index (κ3) is 4.19. The van der Waals surface area contributed by atoms with E-state index < -0.39 is 0 Å². The number of fused-ring (bicyclic) bond motifs is 1. The van der Waals surface area contributed by atoms with E-state index in [1.165, 1.54) is 0 Å². The second-order valence-corrected chi connectivity index (χ2v) is 7.39. The van der Waals surface area contributed by atoms with Crippen LogP contribution in [0.3, 0.4) is 0 Å². The molecule has 1 aromatic carbocycles. The van der Waals surface area contributed by atoms with Crippen molar-refractivity contribution in [1.29, 1.82) is 0 Å². The summed E-state index contributed by atoms with van der Waals surface area (Å²) in [5.41, 5.74) is 0.979. The van der Waals surface area contributed by atoms with Gasteiger partial charge in [0, 0.05) is 44.0 Å². The van der Waals surface area contributed by atoms with Gasteiger partial charge in [-0.25, -0.2) is 9.97 Å². The molecule has 0 aliphatic heterocycles. The predicted octanol–water partition coefficient (Wildman–Crippen LogP) is 2.93. The van der Waals surface area contributed by atoms with Crippen molar-refractivity contribution in [3.63, 3.8) is 0 Å². The summed E-state index contributed by atoms with van der Waals surface area (Å²) >= 11 is 0. The Hall–Kier alpha value is -2.67. The normalized spacial score (nSPS) is 19.9. The van der Waals surface area contributed by atoms with Gasteiger partial charge in [-0.15, -0.1) is 0 Å². The first-order valence-corrected chi connectivity index (χ1v) is 9.61. The maximum Gasteiger partial charge on any atom is 0.225 e. The largest absolute Gasteiger partial charge is 0.362 e. The summed E-state index contributed by atoms with van der Waals surface area (Å²) in [6, 6.07) is 9.14. The molecule has 1 aliphatic carbocycles. The maximum absolute atomic E-state index is 4.76. The van der Waals surface area contributed by atoms with E-state index in [1.54, 1.807) is 6.20 Å². The molecule has 7 nitrogen and oxygen atoms in total. The lowest BCUT2D eigenvalue weighted by Crippen LogP contribution is -2.37. The van der Waals surface area contributed by atoms with Crippen LogP contribution < -0.4 is 15.5 Å². The van der Waals surface area contributed by atoms with Crippen LogP contribution >= 0.6 is 0 Å². The van der Waals surface area contributed by atoms with E-state index in [4.69, 9.17) is 9.97 Å². The van der Waals surface area contributed by atoms with Crippen LogP contribution in [0.1, 0.15) is 31.5 Å². The van der Waals surface area contributed by atoms with Gasteiger partial charge in [-0.1, -0.05) is 12.1 Å². The molecule has 1 saturated carbocycles. The minimum atomic E-state index is 0.419. The molecule has 27 heavy (non-hydrogen) atoms. The number of imidazole rings is 1. The highest BCUT2D eigenvalue weighted by Crippen LogP contribution is 2.26. The number of anilines is 2. The number of aromatic amines is 1. The molecule has 1 aliphatic rings. The summed E-state index contributed by atoms with van der Waals surface area (Å²) in [5.74, 6) is 2.68. The van der Waals surface area contributed by atoms with Crippen molar-refractivity contribution in [1.82, 2.24) is 25.3 Å². The van der Waals surface area contributed by atoms with Gasteiger partial charge >= 0.3 is 0 Å². The van der Waals surface area contributed by atoms with Crippen molar-refractivity contribution in [3.05, 3.63) is 42.5 Å². The Balaban J connectivity index is 1.37. The van der Waals surface area contributed by atoms with Crippen LogP contribution in [-0.2, 0) is 6.54 Å². The van der Waals surface area contributed by atoms with Crippen molar-refractivity contribution >= 4 is 22.7 Å². The lowest BCUT2D eigenvalue weighted by Gasteiger charge is -2.30. The van der Waals surface area contributed by atoms with E-state index in [0.29, 0.717) is 12.1 Å². The van der Waals surface area contributed by atoms with E-state index in [2.05, 4.69) is 26.7 Å². The molecule has 2 aromatic heterocycles. The number of hydrogen-bond donors (Lipinski definition) is 3. The van der Waals surface area contributed by atoms with E-state index in [1.807, 2.05) is 43.4 Å². The van der Waals surface area contributed by atoms with E-state index in [-0.39, 0.29) is 0 Å². The fourth-order valence-corrected chi connectivity index (χ4v) is 3.73. The Labute approximate surface area is 159 Å². The maximum atomic E-state index is 4.76. The van der Waals surface area contributed by atoms with Crippen LogP contribution in [0.25, 0.3) is 10.9 Å². The monoisotopic (exact) mass is 365 g/mol. The highest BCUT2D eigenvalue weighted by molar-refractivity contribution is 5.90. The number of nitrogens with zero attached hydrogens (tertiary/aromatic N) is 4.